The summed E-state index contributed by atoms with van der Waals surface area (Å²) >= 11 is 0. The van der Waals surface area contributed by atoms with E-state index in [0.29, 0.717) is 0 Å². The molecule has 1 rings (SSSR count). The van der Waals surface area contributed by atoms with E-state index in [1.54, 1.807) is 5.57 Å². The maximum absolute atomic E-state index is 4.50. The first-order chi connectivity index (χ1) is 7.88. The van der Waals surface area contributed by atoms with Gasteiger partial charge in [-0.05, 0) is 38.6 Å². The smallest absolute Gasteiger partial charge is 0.0195 e. The third kappa shape index (κ3) is 7.92. The van der Waals surface area contributed by atoms with Crippen LogP contribution in [0.25, 0.3) is 0 Å². The summed E-state index contributed by atoms with van der Waals surface area (Å²) in [6.07, 6.45) is 12.3. The van der Waals surface area contributed by atoms with Crippen LogP contribution >= 0.6 is 0 Å². The molecule has 1 nitrogen and oxygen atoms in total. The van der Waals surface area contributed by atoms with Crippen LogP contribution in [0.2, 0.25) is 0 Å². The number of hydrogen-bond donors (Lipinski definition) is 1. The Hall–Kier alpha value is -0.300. The van der Waals surface area contributed by atoms with Crippen LogP contribution in [-0.4, -0.2) is 7.05 Å². The second-order valence-corrected chi connectivity index (χ2v) is 3.88. The van der Waals surface area contributed by atoms with E-state index < -0.39 is 0 Å². The van der Waals surface area contributed by atoms with Crippen LogP contribution in [0, 0.1) is 5.92 Å². The lowest BCUT2D eigenvalue weighted by molar-refractivity contribution is 0.396. The van der Waals surface area contributed by atoms with Crippen molar-refractivity contribution in [3.05, 3.63) is 11.6 Å². The lowest BCUT2D eigenvalue weighted by atomic mass is 9.82. The van der Waals surface area contributed by atoms with Gasteiger partial charge in [-0.1, -0.05) is 58.6 Å². The first-order valence-electron chi connectivity index (χ1n) is 7.15. The molecule has 0 radical (unpaired) electrons. The van der Waals surface area contributed by atoms with Crippen molar-refractivity contribution in [2.24, 2.45) is 11.7 Å². The second kappa shape index (κ2) is 14.7. The van der Waals surface area contributed by atoms with Gasteiger partial charge in [0.15, 0.2) is 0 Å². The second-order valence-electron chi connectivity index (χ2n) is 3.88. The molecule has 0 saturated heterocycles. The van der Waals surface area contributed by atoms with Crippen molar-refractivity contribution in [2.75, 3.05) is 7.05 Å². The summed E-state index contributed by atoms with van der Waals surface area (Å²) in [4.78, 5) is 0. The zero-order chi connectivity index (χ0) is 12.8. The van der Waals surface area contributed by atoms with Crippen molar-refractivity contribution in [3.8, 4) is 0 Å². The third-order valence-electron chi connectivity index (χ3n) is 3.00. The number of hydrogen-bond acceptors (Lipinski definition) is 1. The highest BCUT2D eigenvalue weighted by molar-refractivity contribution is 5.06. The minimum absolute atomic E-state index is 0.948. The van der Waals surface area contributed by atoms with Gasteiger partial charge in [0.2, 0.25) is 0 Å². The third-order valence-corrected chi connectivity index (χ3v) is 3.00. The first kappa shape index (κ1) is 18.1. The van der Waals surface area contributed by atoms with Gasteiger partial charge >= 0.3 is 0 Å². The van der Waals surface area contributed by atoms with E-state index in [1.807, 2.05) is 13.8 Å². The minimum Gasteiger partial charge on any atom is -0.333 e. The minimum atomic E-state index is 0.948. The van der Waals surface area contributed by atoms with Crippen LogP contribution in [0.15, 0.2) is 11.6 Å². The topological polar surface area (TPSA) is 26.0 Å². The molecule has 1 saturated carbocycles. The molecule has 0 amide bonds. The van der Waals surface area contributed by atoms with Crippen LogP contribution in [0.4, 0.5) is 0 Å². The molecule has 0 bridgehead atoms. The molecule has 2 N–H and O–H groups in total. The van der Waals surface area contributed by atoms with E-state index in [4.69, 9.17) is 0 Å². The summed E-state index contributed by atoms with van der Waals surface area (Å²) in [7, 11) is 1.50. The Bertz CT molecular complexity index is 144. The molecule has 98 valence electrons. The average Bonchev–Trinajstić information content (AvgIpc) is 2.41. The Labute approximate surface area is 104 Å². The van der Waals surface area contributed by atoms with E-state index in [2.05, 4.69) is 25.7 Å². The Morgan fingerprint density at radius 1 is 1.06 bits per heavy atom. The summed E-state index contributed by atoms with van der Waals surface area (Å²) < 4.78 is 0. The van der Waals surface area contributed by atoms with Crippen molar-refractivity contribution in [1.82, 2.24) is 0 Å². The van der Waals surface area contributed by atoms with Gasteiger partial charge in [0.25, 0.3) is 0 Å². The van der Waals surface area contributed by atoms with Gasteiger partial charge < -0.3 is 5.73 Å². The van der Waals surface area contributed by atoms with Crippen molar-refractivity contribution in [2.45, 2.75) is 72.6 Å². The highest BCUT2D eigenvalue weighted by Gasteiger charge is 2.15. The maximum atomic E-state index is 4.50. The molecule has 0 unspecified atom stereocenters. The normalized spacial score (nSPS) is 16.8. The molecule has 1 heteroatoms. The monoisotopic (exact) mass is 227 g/mol. The van der Waals surface area contributed by atoms with Crippen LogP contribution in [0.5, 0.6) is 0 Å². The number of rotatable bonds is 3. The predicted molar refractivity (Wildman–Crippen MR) is 76.7 cm³/mol. The molecule has 1 aliphatic carbocycles. The molecule has 16 heavy (non-hydrogen) atoms. The van der Waals surface area contributed by atoms with Gasteiger partial charge in [-0.25, -0.2) is 0 Å². The zero-order valence-electron chi connectivity index (χ0n) is 12.2. The van der Waals surface area contributed by atoms with Gasteiger partial charge in [-0.2, -0.15) is 0 Å². The van der Waals surface area contributed by atoms with Gasteiger partial charge in [0.05, 0.1) is 0 Å². The highest BCUT2D eigenvalue weighted by Crippen LogP contribution is 2.31. The van der Waals surface area contributed by atoms with Crippen LogP contribution in [-0.2, 0) is 0 Å². The molecular weight excluding hydrogens is 194 g/mol. The van der Waals surface area contributed by atoms with Crippen LogP contribution in [0.3, 0.4) is 0 Å². The molecule has 0 aliphatic heterocycles. The molecule has 0 aromatic carbocycles. The Morgan fingerprint density at radius 2 is 1.56 bits per heavy atom. The quantitative estimate of drug-likeness (QED) is 0.681. The van der Waals surface area contributed by atoms with Gasteiger partial charge in [-0.15, -0.1) is 0 Å². The van der Waals surface area contributed by atoms with E-state index in [-0.39, 0.29) is 0 Å². The fourth-order valence-electron chi connectivity index (χ4n) is 2.34. The van der Waals surface area contributed by atoms with Gasteiger partial charge in [-0.3, -0.25) is 0 Å². The Balaban J connectivity index is 0. The molecule has 0 heterocycles. The molecule has 0 aromatic heterocycles. The lowest BCUT2D eigenvalue weighted by Gasteiger charge is -2.23. The predicted octanol–water partition coefficient (Wildman–Crippen LogP) is 4.91. The number of nitrogens with two attached hydrogens (primary N) is 1. The highest BCUT2D eigenvalue weighted by atomic mass is 14.4. The molecule has 0 atom stereocenters. The molecule has 1 aliphatic rings. The maximum Gasteiger partial charge on any atom is -0.0195 e. The van der Waals surface area contributed by atoms with Gasteiger partial charge in [0.1, 0.15) is 0 Å². The fourth-order valence-corrected chi connectivity index (χ4v) is 2.34. The SMILES string of the molecule is CC.CC/C=C(\CC)C1CCCCC1.CN. The number of allylic oxidation sites excluding steroid dienone is 2. The molecule has 0 spiro atoms. The average molecular weight is 227 g/mol. The first-order valence-corrected chi connectivity index (χ1v) is 7.15. The fraction of sp³-hybridized carbons (Fsp3) is 0.867. The Kier molecular flexibility index (Phi) is 16.6. The van der Waals surface area contributed by atoms with E-state index in [0.717, 1.165) is 5.92 Å². The Morgan fingerprint density at radius 3 is 1.94 bits per heavy atom. The van der Waals surface area contributed by atoms with Crippen molar-refractivity contribution in [3.63, 3.8) is 0 Å². The molecule has 1 fully saturated rings. The van der Waals surface area contributed by atoms with Gasteiger partial charge in [0, 0.05) is 0 Å². The standard InChI is InChI=1S/C12H22.C2H6.CH5N/c1-3-8-11(4-2)12-9-6-5-7-10-12;2*1-2/h8,12H,3-7,9-10H2,1-2H3;1-2H3;2H2,1H3/b11-8+;;. The summed E-state index contributed by atoms with van der Waals surface area (Å²) in [6, 6.07) is 0. The summed E-state index contributed by atoms with van der Waals surface area (Å²) in [5.41, 5.74) is 6.23. The van der Waals surface area contributed by atoms with E-state index in [1.165, 1.54) is 52.0 Å². The molecular formula is C15H33N. The summed E-state index contributed by atoms with van der Waals surface area (Å²) in [5.74, 6) is 0.948. The lowest BCUT2D eigenvalue weighted by Crippen LogP contribution is -2.08. The zero-order valence-corrected chi connectivity index (χ0v) is 12.2. The van der Waals surface area contributed by atoms with Crippen LogP contribution in [0.1, 0.15) is 72.6 Å². The van der Waals surface area contributed by atoms with E-state index >= 15 is 0 Å². The summed E-state index contributed by atoms with van der Waals surface area (Å²) in [5, 5.41) is 0. The largest absolute Gasteiger partial charge is 0.333 e. The van der Waals surface area contributed by atoms with Crippen molar-refractivity contribution >= 4 is 0 Å². The van der Waals surface area contributed by atoms with Crippen molar-refractivity contribution < 1.29 is 0 Å². The van der Waals surface area contributed by atoms with Crippen molar-refractivity contribution in [1.29, 1.82) is 0 Å². The van der Waals surface area contributed by atoms with Crippen LogP contribution < -0.4 is 5.73 Å². The molecule has 0 aromatic rings. The summed E-state index contributed by atoms with van der Waals surface area (Å²) in [6.45, 7) is 8.55. The van der Waals surface area contributed by atoms with E-state index in [9.17, 15) is 0 Å².